The molecule has 1 rings (SSSR count). The Morgan fingerprint density at radius 2 is 2.27 bits per heavy atom. The summed E-state index contributed by atoms with van der Waals surface area (Å²) in [5.41, 5.74) is 4.05. The normalized spacial score (nSPS) is 15.2. The molecule has 1 aromatic rings. The number of hydrazine groups is 1. The minimum Gasteiger partial charge on any atom is -0.272 e. The van der Waals surface area contributed by atoms with Crippen LogP contribution in [-0.4, -0.2) is 9.78 Å². The van der Waals surface area contributed by atoms with E-state index in [2.05, 4.69) is 37.5 Å². The monoisotopic (exact) mass is 210 g/mol. The van der Waals surface area contributed by atoms with Gasteiger partial charge in [-0.25, -0.2) is 0 Å². The molecule has 0 aliphatic rings. The zero-order valence-electron chi connectivity index (χ0n) is 9.90. The summed E-state index contributed by atoms with van der Waals surface area (Å²) < 4.78 is 1.97. The summed E-state index contributed by atoms with van der Waals surface area (Å²) in [6, 6.07) is 0.209. The lowest BCUT2D eigenvalue weighted by molar-refractivity contribution is 0.382. The van der Waals surface area contributed by atoms with Crippen LogP contribution in [0.4, 0.5) is 0 Å². The number of nitrogens with two attached hydrogens (primary N) is 1. The molecule has 2 unspecified atom stereocenters. The highest BCUT2D eigenvalue weighted by molar-refractivity contribution is 5.11. The van der Waals surface area contributed by atoms with Gasteiger partial charge in [-0.05, 0) is 12.3 Å². The number of nitrogens with one attached hydrogen (secondary N) is 1. The first kappa shape index (κ1) is 12.2. The molecule has 0 bridgehead atoms. The quantitative estimate of drug-likeness (QED) is 0.556. The summed E-state index contributed by atoms with van der Waals surface area (Å²) in [6.07, 6.45) is 6.20. The van der Waals surface area contributed by atoms with E-state index in [1.54, 1.807) is 0 Å². The molecule has 0 saturated carbocycles. The van der Waals surface area contributed by atoms with Gasteiger partial charge in [-0.1, -0.05) is 27.2 Å². The lowest BCUT2D eigenvalue weighted by Gasteiger charge is -2.20. The third-order valence-corrected chi connectivity index (χ3v) is 2.86. The van der Waals surface area contributed by atoms with E-state index in [1.165, 1.54) is 5.56 Å². The van der Waals surface area contributed by atoms with Crippen molar-refractivity contribution in [3.8, 4) is 0 Å². The molecule has 3 N–H and O–H groups in total. The van der Waals surface area contributed by atoms with Crippen molar-refractivity contribution in [1.82, 2.24) is 15.2 Å². The van der Waals surface area contributed by atoms with Gasteiger partial charge < -0.3 is 0 Å². The van der Waals surface area contributed by atoms with Crippen LogP contribution < -0.4 is 11.3 Å². The summed E-state index contributed by atoms with van der Waals surface area (Å²) in [4.78, 5) is 0. The van der Waals surface area contributed by atoms with Gasteiger partial charge in [0, 0.05) is 18.3 Å². The highest BCUT2D eigenvalue weighted by Crippen LogP contribution is 2.22. The number of nitrogens with zero attached hydrogens (tertiary/aromatic N) is 2. The van der Waals surface area contributed by atoms with Gasteiger partial charge in [0.15, 0.2) is 0 Å². The Hall–Kier alpha value is -0.870. The molecule has 15 heavy (non-hydrogen) atoms. The van der Waals surface area contributed by atoms with Crippen molar-refractivity contribution in [3.63, 3.8) is 0 Å². The molecule has 2 atom stereocenters. The van der Waals surface area contributed by atoms with Crippen LogP contribution in [0.3, 0.4) is 0 Å². The highest BCUT2D eigenvalue weighted by atomic mass is 15.3. The molecule has 0 aromatic carbocycles. The van der Waals surface area contributed by atoms with Crippen molar-refractivity contribution in [2.75, 3.05) is 0 Å². The fraction of sp³-hybridized carbons (Fsp3) is 0.727. The molecule has 0 saturated heterocycles. The first-order chi connectivity index (χ1) is 7.22. The smallest absolute Gasteiger partial charge is 0.0538 e. The lowest BCUT2D eigenvalue weighted by atomic mass is 9.95. The molecular weight excluding hydrogens is 188 g/mol. The van der Waals surface area contributed by atoms with Gasteiger partial charge in [-0.2, -0.15) is 5.10 Å². The van der Waals surface area contributed by atoms with Gasteiger partial charge >= 0.3 is 0 Å². The fourth-order valence-electron chi connectivity index (χ4n) is 1.72. The van der Waals surface area contributed by atoms with Crippen molar-refractivity contribution >= 4 is 0 Å². The average molecular weight is 210 g/mol. The van der Waals surface area contributed by atoms with Gasteiger partial charge in [0.25, 0.3) is 0 Å². The molecule has 1 aromatic heterocycles. The van der Waals surface area contributed by atoms with E-state index in [0.29, 0.717) is 5.92 Å². The molecule has 0 aliphatic carbocycles. The fourth-order valence-corrected chi connectivity index (χ4v) is 1.72. The zero-order chi connectivity index (χ0) is 11.3. The maximum atomic E-state index is 5.58. The highest BCUT2D eigenvalue weighted by Gasteiger charge is 2.17. The lowest BCUT2D eigenvalue weighted by Crippen LogP contribution is -2.32. The Balaban J connectivity index is 2.73. The summed E-state index contributed by atoms with van der Waals surface area (Å²) in [5.74, 6) is 6.10. The Kier molecular flexibility index (Phi) is 4.78. The van der Waals surface area contributed by atoms with Crippen molar-refractivity contribution in [2.45, 2.75) is 46.2 Å². The minimum absolute atomic E-state index is 0.209. The van der Waals surface area contributed by atoms with Crippen molar-refractivity contribution in [2.24, 2.45) is 11.8 Å². The molecule has 4 heteroatoms. The topological polar surface area (TPSA) is 55.9 Å². The molecule has 86 valence electrons. The van der Waals surface area contributed by atoms with Crippen molar-refractivity contribution in [3.05, 3.63) is 18.0 Å². The standard InChI is InChI=1S/C11H22N4/c1-4-6-15-8-10(7-13-15)11(14-12)9(3)5-2/h7-9,11,14H,4-6,12H2,1-3H3. The van der Waals surface area contributed by atoms with E-state index in [4.69, 9.17) is 5.84 Å². The second kappa shape index (κ2) is 5.88. The summed E-state index contributed by atoms with van der Waals surface area (Å²) in [6.45, 7) is 7.49. The third-order valence-electron chi connectivity index (χ3n) is 2.86. The van der Waals surface area contributed by atoms with Gasteiger partial charge in [0.1, 0.15) is 0 Å². The second-order valence-electron chi connectivity index (χ2n) is 4.07. The maximum absolute atomic E-state index is 5.58. The number of hydrogen-bond donors (Lipinski definition) is 2. The van der Waals surface area contributed by atoms with Crippen LogP contribution in [-0.2, 0) is 6.54 Å². The molecule has 0 radical (unpaired) electrons. The maximum Gasteiger partial charge on any atom is 0.0538 e. The van der Waals surface area contributed by atoms with Crippen molar-refractivity contribution in [1.29, 1.82) is 0 Å². The van der Waals surface area contributed by atoms with E-state index in [1.807, 2.05) is 10.9 Å². The van der Waals surface area contributed by atoms with Gasteiger partial charge in [-0.3, -0.25) is 16.0 Å². The molecule has 0 aliphatic heterocycles. The van der Waals surface area contributed by atoms with E-state index >= 15 is 0 Å². The second-order valence-corrected chi connectivity index (χ2v) is 4.07. The van der Waals surface area contributed by atoms with Crippen LogP contribution in [0.15, 0.2) is 12.4 Å². The summed E-state index contributed by atoms with van der Waals surface area (Å²) >= 11 is 0. The number of rotatable bonds is 6. The summed E-state index contributed by atoms with van der Waals surface area (Å²) in [5, 5.41) is 4.31. The molecule has 4 nitrogen and oxygen atoms in total. The van der Waals surface area contributed by atoms with Gasteiger partial charge in [0.2, 0.25) is 0 Å². The Morgan fingerprint density at radius 3 is 2.80 bits per heavy atom. The van der Waals surface area contributed by atoms with E-state index in [-0.39, 0.29) is 6.04 Å². The minimum atomic E-state index is 0.209. The number of hydrogen-bond acceptors (Lipinski definition) is 3. The molecular formula is C11H22N4. The average Bonchev–Trinajstić information content (AvgIpc) is 2.68. The van der Waals surface area contributed by atoms with Gasteiger partial charge in [-0.15, -0.1) is 0 Å². The van der Waals surface area contributed by atoms with Gasteiger partial charge in [0.05, 0.1) is 12.2 Å². The largest absolute Gasteiger partial charge is 0.272 e. The van der Waals surface area contributed by atoms with E-state index in [0.717, 1.165) is 19.4 Å². The van der Waals surface area contributed by atoms with E-state index < -0.39 is 0 Å². The first-order valence-corrected chi connectivity index (χ1v) is 5.71. The third kappa shape index (κ3) is 3.04. The number of aromatic nitrogens is 2. The van der Waals surface area contributed by atoms with Crippen LogP contribution in [0.2, 0.25) is 0 Å². The Labute approximate surface area is 91.8 Å². The number of aryl methyl sites for hydroxylation is 1. The SMILES string of the molecule is CCCn1cc(C(NN)C(C)CC)cn1. The van der Waals surface area contributed by atoms with Crippen LogP contribution in [0.25, 0.3) is 0 Å². The molecule has 1 heterocycles. The predicted octanol–water partition coefficient (Wildman–Crippen LogP) is 1.84. The predicted molar refractivity (Wildman–Crippen MR) is 62.0 cm³/mol. The molecule has 0 spiro atoms. The Morgan fingerprint density at radius 1 is 1.53 bits per heavy atom. The zero-order valence-corrected chi connectivity index (χ0v) is 9.90. The van der Waals surface area contributed by atoms with Crippen LogP contribution in [0, 0.1) is 5.92 Å². The van der Waals surface area contributed by atoms with E-state index in [9.17, 15) is 0 Å². The van der Waals surface area contributed by atoms with Crippen LogP contribution in [0.5, 0.6) is 0 Å². The summed E-state index contributed by atoms with van der Waals surface area (Å²) in [7, 11) is 0. The first-order valence-electron chi connectivity index (χ1n) is 5.71. The van der Waals surface area contributed by atoms with Crippen LogP contribution in [0.1, 0.15) is 45.2 Å². The van der Waals surface area contributed by atoms with Crippen LogP contribution >= 0.6 is 0 Å². The molecule has 0 amide bonds. The molecule has 0 fully saturated rings. The Bertz CT molecular complexity index is 282. The van der Waals surface area contributed by atoms with Crippen molar-refractivity contribution < 1.29 is 0 Å².